The number of fused-ring (bicyclic) bond motifs is 1. The Kier molecular flexibility index (Phi) is 4.22. The van der Waals surface area contributed by atoms with E-state index in [1.807, 2.05) is 6.20 Å². The first-order chi connectivity index (χ1) is 9.78. The van der Waals surface area contributed by atoms with Gasteiger partial charge >= 0.3 is 0 Å². The Balaban J connectivity index is 1.58. The van der Waals surface area contributed by atoms with E-state index in [0.717, 1.165) is 44.8 Å². The number of nitrogens with one attached hydrogen (secondary N) is 1. The number of aliphatic hydroxyl groups is 1. The quantitative estimate of drug-likeness (QED) is 0.804. The van der Waals surface area contributed by atoms with Crippen molar-refractivity contribution >= 4 is 5.82 Å². The van der Waals surface area contributed by atoms with E-state index in [2.05, 4.69) is 34.3 Å². The van der Waals surface area contributed by atoms with Crippen LogP contribution >= 0.6 is 0 Å². The maximum atomic E-state index is 9.97. The normalized spacial score (nSPS) is 28.9. The average molecular weight is 275 g/mol. The highest BCUT2D eigenvalue weighted by Crippen LogP contribution is 2.39. The first kappa shape index (κ1) is 13.8. The van der Waals surface area contributed by atoms with Crippen LogP contribution in [-0.4, -0.2) is 35.8 Å². The molecule has 1 saturated carbocycles. The Morgan fingerprint density at radius 3 is 2.95 bits per heavy atom. The van der Waals surface area contributed by atoms with Crippen molar-refractivity contribution in [3.63, 3.8) is 0 Å². The second-order valence-electron chi connectivity index (χ2n) is 6.18. The third-order valence-corrected chi connectivity index (χ3v) is 4.71. The third-order valence-electron chi connectivity index (χ3n) is 4.71. The Labute approximate surface area is 121 Å². The lowest BCUT2D eigenvalue weighted by Gasteiger charge is -2.19. The Morgan fingerprint density at radius 2 is 2.25 bits per heavy atom. The second kappa shape index (κ2) is 6.10. The van der Waals surface area contributed by atoms with Gasteiger partial charge < -0.3 is 15.3 Å². The molecule has 20 heavy (non-hydrogen) atoms. The summed E-state index contributed by atoms with van der Waals surface area (Å²) >= 11 is 0. The van der Waals surface area contributed by atoms with E-state index in [1.165, 1.54) is 12.0 Å². The van der Waals surface area contributed by atoms with Crippen LogP contribution in [0, 0.1) is 11.8 Å². The molecule has 1 aliphatic heterocycles. The van der Waals surface area contributed by atoms with E-state index in [9.17, 15) is 5.11 Å². The van der Waals surface area contributed by atoms with Crippen LogP contribution in [0.5, 0.6) is 0 Å². The van der Waals surface area contributed by atoms with Crippen LogP contribution in [0.4, 0.5) is 5.82 Å². The minimum absolute atomic E-state index is 0.0949. The van der Waals surface area contributed by atoms with Crippen molar-refractivity contribution in [1.82, 2.24) is 10.3 Å². The molecule has 0 amide bonds. The molecule has 0 bridgehead atoms. The Morgan fingerprint density at radius 1 is 1.35 bits per heavy atom. The number of nitrogens with zero attached hydrogens (tertiary/aromatic N) is 2. The number of anilines is 1. The van der Waals surface area contributed by atoms with Gasteiger partial charge in [0.25, 0.3) is 0 Å². The van der Waals surface area contributed by atoms with Gasteiger partial charge in [0.2, 0.25) is 0 Å². The van der Waals surface area contributed by atoms with E-state index in [1.54, 1.807) is 0 Å². The molecule has 4 heteroatoms. The fraction of sp³-hybridized carbons (Fsp3) is 0.688. The van der Waals surface area contributed by atoms with Crippen molar-refractivity contribution in [2.75, 3.05) is 24.5 Å². The molecule has 3 unspecified atom stereocenters. The molecule has 0 radical (unpaired) electrons. The largest absolute Gasteiger partial charge is 0.393 e. The van der Waals surface area contributed by atoms with Gasteiger partial charge in [-0.15, -0.1) is 0 Å². The molecule has 0 aromatic carbocycles. The van der Waals surface area contributed by atoms with Crippen molar-refractivity contribution in [1.29, 1.82) is 0 Å². The van der Waals surface area contributed by atoms with Gasteiger partial charge in [-0.05, 0) is 43.4 Å². The van der Waals surface area contributed by atoms with Crippen molar-refractivity contribution in [3.05, 3.63) is 23.9 Å². The lowest BCUT2D eigenvalue weighted by atomic mass is 10.00. The van der Waals surface area contributed by atoms with Crippen LogP contribution in [0.25, 0.3) is 0 Å². The van der Waals surface area contributed by atoms with Crippen LogP contribution < -0.4 is 10.2 Å². The first-order valence-electron chi connectivity index (χ1n) is 7.86. The second-order valence-corrected chi connectivity index (χ2v) is 6.18. The summed E-state index contributed by atoms with van der Waals surface area (Å²) in [5.41, 5.74) is 1.24. The molecule has 3 atom stereocenters. The van der Waals surface area contributed by atoms with Crippen LogP contribution in [0.15, 0.2) is 18.3 Å². The Bertz CT molecular complexity index is 434. The van der Waals surface area contributed by atoms with Gasteiger partial charge in [-0.3, -0.25) is 0 Å². The molecule has 1 aliphatic carbocycles. The minimum Gasteiger partial charge on any atom is -0.393 e. The topological polar surface area (TPSA) is 48.4 Å². The molecule has 3 rings (SSSR count). The average Bonchev–Trinajstić information content (AvgIpc) is 3.03. The molecule has 2 aliphatic rings. The van der Waals surface area contributed by atoms with E-state index in [-0.39, 0.29) is 6.10 Å². The number of aliphatic hydroxyl groups excluding tert-OH is 1. The molecular formula is C16H25N3O. The zero-order chi connectivity index (χ0) is 13.9. The van der Waals surface area contributed by atoms with Gasteiger partial charge in [0, 0.05) is 31.7 Å². The standard InChI is InChI=1S/C16H25N3O/c1-2-7-17-8-12-3-6-16(18-9-12)19-10-13-4-5-15(20)14(13)11-19/h3,6,9,13-15,17,20H,2,4-5,7-8,10-11H2,1H3. The lowest BCUT2D eigenvalue weighted by Crippen LogP contribution is -2.25. The van der Waals surface area contributed by atoms with Crippen molar-refractivity contribution in [2.45, 2.75) is 38.8 Å². The third kappa shape index (κ3) is 2.81. The molecule has 1 aromatic heterocycles. The van der Waals surface area contributed by atoms with Crippen molar-refractivity contribution < 1.29 is 5.11 Å². The lowest BCUT2D eigenvalue weighted by molar-refractivity contribution is 0.133. The summed E-state index contributed by atoms with van der Waals surface area (Å²) in [5.74, 6) is 2.19. The smallest absolute Gasteiger partial charge is 0.128 e. The Hall–Kier alpha value is -1.13. The van der Waals surface area contributed by atoms with Gasteiger partial charge in [0.15, 0.2) is 0 Å². The predicted octanol–water partition coefficient (Wildman–Crippen LogP) is 1.79. The number of hydrogen-bond donors (Lipinski definition) is 2. The number of rotatable bonds is 5. The molecular weight excluding hydrogens is 250 g/mol. The summed E-state index contributed by atoms with van der Waals surface area (Å²) in [6.45, 7) is 6.14. The van der Waals surface area contributed by atoms with Gasteiger partial charge in [-0.2, -0.15) is 0 Å². The van der Waals surface area contributed by atoms with E-state index in [0.29, 0.717) is 11.8 Å². The molecule has 4 nitrogen and oxygen atoms in total. The van der Waals surface area contributed by atoms with Gasteiger partial charge in [0.1, 0.15) is 5.82 Å². The van der Waals surface area contributed by atoms with Gasteiger partial charge in [0.05, 0.1) is 6.10 Å². The molecule has 2 fully saturated rings. The molecule has 2 N–H and O–H groups in total. The van der Waals surface area contributed by atoms with Gasteiger partial charge in [-0.25, -0.2) is 4.98 Å². The zero-order valence-electron chi connectivity index (χ0n) is 12.3. The highest BCUT2D eigenvalue weighted by Gasteiger charge is 2.42. The van der Waals surface area contributed by atoms with Gasteiger partial charge in [-0.1, -0.05) is 13.0 Å². The highest BCUT2D eigenvalue weighted by atomic mass is 16.3. The molecule has 1 saturated heterocycles. The minimum atomic E-state index is -0.0949. The number of pyridine rings is 1. The van der Waals surface area contributed by atoms with E-state index < -0.39 is 0 Å². The summed E-state index contributed by atoms with van der Waals surface area (Å²) in [5, 5.41) is 13.4. The number of hydrogen-bond acceptors (Lipinski definition) is 4. The zero-order valence-corrected chi connectivity index (χ0v) is 12.3. The summed E-state index contributed by atoms with van der Waals surface area (Å²) < 4.78 is 0. The number of aromatic nitrogens is 1. The first-order valence-corrected chi connectivity index (χ1v) is 7.86. The van der Waals surface area contributed by atoms with Crippen LogP contribution in [0.3, 0.4) is 0 Å². The van der Waals surface area contributed by atoms with Crippen molar-refractivity contribution in [2.24, 2.45) is 11.8 Å². The van der Waals surface area contributed by atoms with E-state index in [4.69, 9.17) is 0 Å². The molecule has 0 spiro atoms. The summed E-state index contributed by atoms with van der Waals surface area (Å²) in [7, 11) is 0. The summed E-state index contributed by atoms with van der Waals surface area (Å²) in [4.78, 5) is 6.93. The van der Waals surface area contributed by atoms with Crippen molar-refractivity contribution in [3.8, 4) is 0 Å². The van der Waals surface area contributed by atoms with Crippen LogP contribution in [0.1, 0.15) is 31.7 Å². The molecule has 2 heterocycles. The summed E-state index contributed by atoms with van der Waals surface area (Å²) in [6, 6.07) is 4.28. The fourth-order valence-corrected chi connectivity index (χ4v) is 3.54. The van der Waals surface area contributed by atoms with Crippen LogP contribution in [-0.2, 0) is 6.54 Å². The monoisotopic (exact) mass is 275 g/mol. The van der Waals surface area contributed by atoms with E-state index >= 15 is 0 Å². The molecule has 1 aromatic rings. The summed E-state index contributed by atoms with van der Waals surface area (Å²) in [6.07, 6.45) is 5.19. The van der Waals surface area contributed by atoms with Crippen LogP contribution in [0.2, 0.25) is 0 Å². The highest BCUT2D eigenvalue weighted by molar-refractivity contribution is 5.41. The SMILES string of the molecule is CCCNCc1ccc(N2CC3CCC(O)C3C2)nc1. The maximum absolute atomic E-state index is 9.97. The fourth-order valence-electron chi connectivity index (χ4n) is 3.54. The molecule has 110 valence electrons. The predicted molar refractivity (Wildman–Crippen MR) is 80.7 cm³/mol. The maximum Gasteiger partial charge on any atom is 0.128 e.